The van der Waals surface area contributed by atoms with Crippen molar-refractivity contribution in [2.24, 2.45) is 16.1 Å². The van der Waals surface area contributed by atoms with Gasteiger partial charge in [-0.05, 0) is 37.1 Å². The molecule has 0 radical (unpaired) electrons. The molecule has 1 saturated carbocycles. The zero-order valence-corrected chi connectivity index (χ0v) is 16.5. The highest BCUT2D eigenvalue weighted by atomic mass is 19.1. The van der Waals surface area contributed by atoms with Gasteiger partial charge in [-0.3, -0.25) is 4.79 Å². The molecule has 2 bridgehead atoms. The van der Waals surface area contributed by atoms with Gasteiger partial charge in [-0.25, -0.2) is 22.6 Å². The van der Waals surface area contributed by atoms with Crippen molar-refractivity contribution in [2.45, 2.75) is 45.2 Å². The minimum absolute atomic E-state index is 0.262. The summed E-state index contributed by atoms with van der Waals surface area (Å²) in [5, 5.41) is 3.79. The molecule has 1 saturated heterocycles. The average Bonchev–Trinajstić information content (AvgIpc) is 2.68. The fourth-order valence-corrected chi connectivity index (χ4v) is 5.50. The molecule has 4 atom stereocenters. The summed E-state index contributed by atoms with van der Waals surface area (Å²) in [5.74, 6) is -4.20. The Bertz CT molecular complexity index is 930. The summed E-state index contributed by atoms with van der Waals surface area (Å²) >= 11 is 0. The second-order valence-electron chi connectivity index (χ2n) is 8.56. The van der Waals surface area contributed by atoms with E-state index in [9.17, 15) is 27.3 Å². The van der Waals surface area contributed by atoms with Crippen LogP contribution in [0.5, 0.6) is 0 Å². The third-order valence-corrected chi connectivity index (χ3v) is 6.81. The summed E-state index contributed by atoms with van der Waals surface area (Å²) in [5.41, 5.74) is -3.72. The topological polar surface area (TPSA) is 49.7 Å². The van der Waals surface area contributed by atoms with Gasteiger partial charge in [0.15, 0.2) is 0 Å². The molecule has 0 N–H and O–H groups in total. The predicted octanol–water partition coefficient (Wildman–Crippen LogP) is 5.79. The standard InChI is InChI=1S/C22H20F4N2O2/c1-21-10-5-11-22(2,20(21)29)19(17-14(25)8-4-9-15(17)26)28(27-30)18(21)16-12(23)6-3-7-13(16)24/h3-4,6-9,18-19H,5,10-11H2,1-2H3/t18-,19+,21+,22-. The van der Waals surface area contributed by atoms with Crippen molar-refractivity contribution >= 4 is 5.78 Å². The Morgan fingerprint density at radius 1 is 0.833 bits per heavy atom. The van der Waals surface area contributed by atoms with E-state index >= 15 is 0 Å². The number of carbonyl (C=O) groups excluding carboxylic acids is 1. The zero-order valence-electron chi connectivity index (χ0n) is 16.5. The average molecular weight is 420 g/mol. The van der Waals surface area contributed by atoms with Gasteiger partial charge >= 0.3 is 0 Å². The predicted molar refractivity (Wildman–Crippen MR) is 101 cm³/mol. The van der Waals surface area contributed by atoms with Crippen molar-refractivity contribution in [2.75, 3.05) is 0 Å². The highest BCUT2D eigenvalue weighted by Crippen LogP contribution is 2.64. The Hall–Kier alpha value is -2.77. The Kier molecular flexibility index (Phi) is 4.71. The highest BCUT2D eigenvalue weighted by molar-refractivity contribution is 5.93. The molecule has 0 amide bonds. The van der Waals surface area contributed by atoms with E-state index in [1.807, 2.05) is 0 Å². The van der Waals surface area contributed by atoms with E-state index in [0.717, 1.165) is 29.3 Å². The third-order valence-electron chi connectivity index (χ3n) is 6.81. The van der Waals surface area contributed by atoms with Crippen LogP contribution in [0.3, 0.4) is 0 Å². The van der Waals surface area contributed by atoms with E-state index in [1.165, 1.54) is 26.0 Å². The summed E-state index contributed by atoms with van der Waals surface area (Å²) in [4.78, 5) is 25.7. The number of fused-ring (bicyclic) bond motifs is 2. The van der Waals surface area contributed by atoms with Crippen molar-refractivity contribution in [3.8, 4) is 0 Å². The fourth-order valence-electron chi connectivity index (χ4n) is 5.50. The Balaban J connectivity index is 2.05. The number of piperidine rings is 1. The number of hydrogen-bond acceptors (Lipinski definition) is 3. The fraction of sp³-hybridized carbons (Fsp3) is 0.409. The quantitative estimate of drug-likeness (QED) is 0.467. The number of nitroso groups, excluding NO2 is 1. The van der Waals surface area contributed by atoms with Crippen LogP contribution in [0.15, 0.2) is 41.7 Å². The summed E-state index contributed by atoms with van der Waals surface area (Å²) in [7, 11) is 0. The van der Waals surface area contributed by atoms with Gasteiger partial charge in [0.25, 0.3) is 0 Å². The van der Waals surface area contributed by atoms with E-state index < -0.39 is 57.3 Å². The lowest BCUT2D eigenvalue weighted by atomic mass is 9.52. The van der Waals surface area contributed by atoms with Crippen LogP contribution in [0.2, 0.25) is 0 Å². The normalized spacial score (nSPS) is 31.0. The van der Waals surface area contributed by atoms with E-state index in [0.29, 0.717) is 6.42 Å². The first kappa shape index (κ1) is 20.5. The number of benzene rings is 2. The maximum absolute atomic E-state index is 14.8. The zero-order chi connectivity index (χ0) is 21.8. The molecule has 1 aliphatic carbocycles. The van der Waals surface area contributed by atoms with Gasteiger partial charge in [0.1, 0.15) is 29.1 Å². The first-order valence-corrected chi connectivity index (χ1v) is 9.71. The molecular formula is C22H20F4N2O2. The third kappa shape index (κ3) is 2.62. The van der Waals surface area contributed by atoms with Crippen molar-refractivity contribution in [1.82, 2.24) is 5.01 Å². The summed E-state index contributed by atoms with van der Waals surface area (Å²) in [6, 6.07) is 3.52. The lowest BCUT2D eigenvalue weighted by molar-refractivity contribution is -0.172. The van der Waals surface area contributed by atoms with Crippen LogP contribution in [-0.2, 0) is 4.79 Å². The van der Waals surface area contributed by atoms with Crippen LogP contribution >= 0.6 is 0 Å². The molecule has 2 aromatic carbocycles. The molecule has 2 aromatic rings. The second kappa shape index (κ2) is 6.89. The molecule has 0 unspecified atom stereocenters. The van der Waals surface area contributed by atoms with E-state index in [4.69, 9.17) is 0 Å². The lowest BCUT2D eigenvalue weighted by Gasteiger charge is -2.58. The maximum atomic E-state index is 14.8. The number of Topliss-reactive ketones (excluding diaryl/α,β-unsaturated/α-hetero) is 1. The molecule has 2 aliphatic rings. The van der Waals surface area contributed by atoms with Gasteiger partial charge in [-0.2, -0.15) is 0 Å². The van der Waals surface area contributed by atoms with Crippen LogP contribution < -0.4 is 0 Å². The number of ketones is 1. The minimum atomic E-state index is -1.44. The number of hydrogen-bond donors (Lipinski definition) is 0. The molecule has 4 rings (SSSR count). The van der Waals surface area contributed by atoms with E-state index in [-0.39, 0.29) is 18.6 Å². The number of carbonyl (C=O) groups is 1. The highest BCUT2D eigenvalue weighted by Gasteiger charge is 2.65. The molecule has 30 heavy (non-hydrogen) atoms. The molecule has 0 spiro atoms. The molecule has 1 aliphatic heterocycles. The molecule has 8 heteroatoms. The Morgan fingerprint density at radius 3 is 1.53 bits per heavy atom. The van der Waals surface area contributed by atoms with Crippen molar-refractivity contribution in [1.29, 1.82) is 0 Å². The van der Waals surface area contributed by atoms with Crippen LogP contribution in [-0.4, -0.2) is 10.8 Å². The first-order chi connectivity index (χ1) is 14.2. The molecule has 4 nitrogen and oxygen atoms in total. The van der Waals surface area contributed by atoms with Crippen molar-refractivity contribution in [3.05, 3.63) is 75.7 Å². The number of halogens is 4. The summed E-state index contributed by atoms with van der Waals surface area (Å²) < 4.78 is 59.1. The van der Waals surface area contributed by atoms with Gasteiger partial charge in [-0.1, -0.05) is 32.4 Å². The first-order valence-electron chi connectivity index (χ1n) is 9.71. The van der Waals surface area contributed by atoms with Crippen molar-refractivity contribution in [3.63, 3.8) is 0 Å². The SMILES string of the molecule is C[C@]12CCC[C@](C)(C1=O)[C@@H](c1c(F)cccc1F)N(N=O)[C@H]2c1c(F)cccc1F. The van der Waals surface area contributed by atoms with Gasteiger partial charge in [0.05, 0.1) is 28.2 Å². The monoisotopic (exact) mass is 420 g/mol. The molecule has 0 aromatic heterocycles. The van der Waals surface area contributed by atoms with Gasteiger partial charge in [-0.15, -0.1) is 4.91 Å². The molecule has 2 fully saturated rings. The number of nitrogens with zero attached hydrogens (tertiary/aromatic N) is 2. The Morgan fingerprint density at radius 2 is 1.20 bits per heavy atom. The molecule has 1 heterocycles. The Labute approximate surface area is 170 Å². The van der Waals surface area contributed by atoms with Crippen molar-refractivity contribution < 1.29 is 22.4 Å². The van der Waals surface area contributed by atoms with E-state index in [2.05, 4.69) is 5.29 Å². The van der Waals surface area contributed by atoms with Crippen LogP contribution in [0.25, 0.3) is 0 Å². The minimum Gasteiger partial charge on any atom is -0.298 e. The van der Waals surface area contributed by atoms with Crippen LogP contribution in [0.4, 0.5) is 17.6 Å². The van der Waals surface area contributed by atoms with Gasteiger partial charge in [0, 0.05) is 11.1 Å². The molecule has 158 valence electrons. The van der Waals surface area contributed by atoms with Crippen LogP contribution in [0.1, 0.15) is 56.3 Å². The lowest BCUT2D eigenvalue weighted by Crippen LogP contribution is -2.61. The largest absolute Gasteiger partial charge is 0.298 e. The second-order valence-corrected chi connectivity index (χ2v) is 8.56. The maximum Gasteiger partial charge on any atom is 0.149 e. The smallest absolute Gasteiger partial charge is 0.149 e. The number of rotatable bonds is 3. The summed E-state index contributed by atoms with van der Waals surface area (Å²) in [6.45, 7) is 3.07. The summed E-state index contributed by atoms with van der Waals surface area (Å²) in [6.07, 6.45) is 1.02. The van der Waals surface area contributed by atoms with Gasteiger partial charge < -0.3 is 0 Å². The van der Waals surface area contributed by atoms with E-state index in [1.54, 1.807) is 0 Å². The molecular weight excluding hydrogens is 400 g/mol. The van der Waals surface area contributed by atoms with Crippen LogP contribution in [0, 0.1) is 39.0 Å². The van der Waals surface area contributed by atoms with Gasteiger partial charge in [0.2, 0.25) is 0 Å².